The fraction of sp³-hybridized carbons (Fsp3) is 0.714. The molecule has 2 heterocycles. The summed E-state index contributed by atoms with van der Waals surface area (Å²) in [4.78, 5) is 0. The van der Waals surface area contributed by atoms with E-state index in [0.29, 0.717) is 13.0 Å². The monoisotopic (exact) mass is 412 g/mol. The van der Waals surface area contributed by atoms with Crippen molar-refractivity contribution in [3.8, 4) is 5.75 Å². The van der Waals surface area contributed by atoms with Crippen LogP contribution < -0.4 is 4.74 Å². The van der Waals surface area contributed by atoms with E-state index in [1.807, 2.05) is 38.1 Å². The van der Waals surface area contributed by atoms with Gasteiger partial charge in [0, 0.05) is 6.61 Å². The van der Waals surface area contributed by atoms with E-state index in [1.54, 1.807) is 7.11 Å². The van der Waals surface area contributed by atoms with E-state index in [4.69, 9.17) is 22.6 Å². The molecule has 7 heteroatoms. The second-order valence-corrected chi connectivity index (χ2v) is 8.66. The minimum absolute atomic E-state index is 0.0784. The van der Waals surface area contributed by atoms with Crippen molar-refractivity contribution in [1.29, 1.82) is 0 Å². The molecule has 0 spiro atoms. The van der Waals surface area contributed by atoms with Gasteiger partial charge in [0.2, 0.25) is 0 Å². The number of ether oxygens (including phenoxy) is 3. The molecule has 0 aromatic heterocycles. The van der Waals surface area contributed by atoms with Gasteiger partial charge in [-0.25, -0.2) is 0 Å². The molecular weight excluding hydrogens is 380 g/mol. The lowest BCUT2D eigenvalue weighted by Gasteiger charge is -2.36. The van der Waals surface area contributed by atoms with Gasteiger partial charge in [-0.3, -0.25) is 8.37 Å². The van der Waals surface area contributed by atoms with Gasteiger partial charge in [0.1, 0.15) is 17.5 Å². The SMILES string of the molecule is CC[C@]1(CC[C@@H](OCc2ccc(OC)cc2)[C@]2(C)CCCO2)OS(=O)O[C@@H]1C. The summed E-state index contributed by atoms with van der Waals surface area (Å²) in [6.45, 7) is 7.37. The molecule has 2 fully saturated rings. The summed E-state index contributed by atoms with van der Waals surface area (Å²) < 4.78 is 40.5. The average molecular weight is 413 g/mol. The van der Waals surface area contributed by atoms with Gasteiger partial charge in [-0.2, -0.15) is 4.21 Å². The molecule has 1 unspecified atom stereocenters. The van der Waals surface area contributed by atoms with Gasteiger partial charge in [-0.15, -0.1) is 0 Å². The van der Waals surface area contributed by atoms with Crippen LogP contribution in [0.3, 0.4) is 0 Å². The van der Waals surface area contributed by atoms with Crippen LogP contribution in [0.25, 0.3) is 0 Å². The Morgan fingerprint density at radius 1 is 1.32 bits per heavy atom. The summed E-state index contributed by atoms with van der Waals surface area (Å²) in [5.74, 6) is 0.830. The zero-order valence-corrected chi connectivity index (χ0v) is 18.1. The Kier molecular flexibility index (Phi) is 7.15. The predicted octanol–water partition coefficient (Wildman–Crippen LogP) is 4.09. The molecule has 0 bridgehead atoms. The van der Waals surface area contributed by atoms with Gasteiger partial charge in [0.05, 0.1) is 25.4 Å². The van der Waals surface area contributed by atoms with Crippen LogP contribution in [0.1, 0.15) is 58.4 Å². The average Bonchev–Trinajstić information content (AvgIpc) is 3.25. The molecule has 0 N–H and O–H groups in total. The molecule has 0 saturated carbocycles. The van der Waals surface area contributed by atoms with E-state index >= 15 is 0 Å². The van der Waals surface area contributed by atoms with E-state index in [2.05, 4.69) is 6.92 Å². The zero-order chi connectivity index (χ0) is 20.2. The molecule has 2 saturated heterocycles. The normalized spacial score (nSPS) is 33.9. The Bertz CT molecular complexity index is 657. The van der Waals surface area contributed by atoms with Gasteiger partial charge in [0.15, 0.2) is 0 Å². The summed E-state index contributed by atoms with van der Waals surface area (Å²) in [6.07, 6.45) is 3.93. The van der Waals surface area contributed by atoms with Gasteiger partial charge in [0.25, 0.3) is 0 Å². The zero-order valence-electron chi connectivity index (χ0n) is 17.3. The van der Waals surface area contributed by atoms with Gasteiger partial charge in [-0.05, 0) is 63.6 Å². The van der Waals surface area contributed by atoms with Crippen LogP contribution in [0.4, 0.5) is 0 Å². The first-order chi connectivity index (χ1) is 13.4. The van der Waals surface area contributed by atoms with E-state index in [1.165, 1.54) is 0 Å². The van der Waals surface area contributed by atoms with Crippen LogP contribution in [0.5, 0.6) is 5.75 Å². The summed E-state index contributed by atoms with van der Waals surface area (Å²) >= 11 is -1.67. The lowest BCUT2D eigenvalue weighted by atomic mass is 9.84. The highest BCUT2D eigenvalue weighted by Gasteiger charge is 2.48. The quantitative estimate of drug-likeness (QED) is 0.609. The van der Waals surface area contributed by atoms with Crippen molar-refractivity contribution < 1.29 is 26.8 Å². The highest BCUT2D eigenvalue weighted by molar-refractivity contribution is 7.75. The smallest absolute Gasteiger partial charge is 0.305 e. The molecular formula is C21H32O6S. The van der Waals surface area contributed by atoms with Crippen LogP contribution in [0.2, 0.25) is 0 Å². The fourth-order valence-corrected chi connectivity index (χ4v) is 5.17. The van der Waals surface area contributed by atoms with E-state index in [-0.39, 0.29) is 17.8 Å². The Morgan fingerprint density at radius 3 is 2.61 bits per heavy atom. The molecule has 2 aliphatic rings. The van der Waals surface area contributed by atoms with Crippen LogP contribution in [-0.2, 0) is 35.8 Å². The van der Waals surface area contributed by atoms with Crippen LogP contribution in [0.15, 0.2) is 24.3 Å². The van der Waals surface area contributed by atoms with Crippen molar-refractivity contribution in [1.82, 2.24) is 0 Å². The van der Waals surface area contributed by atoms with Crippen molar-refractivity contribution in [2.45, 2.75) is 82.9 Å². The standard InChI is InChI=1S/C21H32O6S/c1-5-21(16(2)26-28(22)27-21)13-11-19(20(3)12-6-14-25-20)24-15-17-7-9-18(23-4)10-8-17/h7-10,16,19H,5-6,11-15H2,1-4H3/t16-,19-,20+,21-,28?/m1/s1. The van der Waals surface area contributed by atoms with Crippen LogP contribution >= 0.6 is 0 Å². The summed E-state index contributed by atoms with van der Waals surface area (Å²) in [5, 5.41) is 0. The maximum Gasteiger partial charge on any atom is 0.305 e. The second kappa shape index (κ2) is 9.22. The predicted molar refractivity (Wildman–Crippen MR) is 107 cm³/mol. The van der Waals surface area contributed by atoms with E-state index in [0.717, 1.165) is 43.6 Å². The van der Waals surface area contributed by atoms with Crippen molar-refractivity contribution in [2.75, 3.05) is 13.7 Å². The lowest BCUT2D eigenvalue weighted by molar-refractivity contribution is -0.124. The number of benzene rings is 1. The first kappa shape index (κ1) is 21.7. The van der Waals surface area contributed by atoms with E-state index < -0.39 is 17.0 Å². The number of methoxy groups -OCH3 is 1. The first-order valence-corrected chi connectivity index (χ1v) is 11.1. The minimum atomic E-state index is -1.67. The Morgan fingerprint density at radius 2 is 2.07 bits per heavy atom. The third-order valence-electron chi connectivity index (χ3n) is 6.17. The number of rotatable bonds is 9. The van der Waals surface area contributed by atoms with Crippen molar-refractivity contribution >= 4 is 11.4 Å². The molecule has 2 aliphatic heterocycles. The topological polar surface area (TPSA) is 63.2 Å². The van der Waals surface area contributed by atoms with Crippen molar-refractivity contribution in [2.24, 2.45) is 0 Å². The third kappa shape index (κ3) is 4.76. The van der Waals surface area contributed by atoms with Crippen molar-refractivity contribution in [3.05, 3.63) is 29.8 Å². The molecule has 158 valence electrons. The Balaban J connectivity index is 1.67. The summed E-state index contributed by atoms with van der Waals surface area (Å²) in [5.41, 5.74) is 0.234. The first-order valence-electron chi connectivity index (χ1n) is 10.1. The maximum absolute atomic E-state index is 11.8. The molecule has 3 rings (SSSR count). The van der Waals surface area contributed by atoms with Crippen molar-refractivity contribution in [3.63, 3.8) is 0 Å². The second-order valence-electron chi connectivity index (χ2n) is 7.90. The third-order valence-corrected chi connectivity index (χ3v) is 7.08. The number of hydrogen-bond acceptors (Lipinski definition) is 6. The van der Waals surface area contributed by atoms with Gasteiger partial charge in [-0.1, -0.05) is 19.1 Å². The van der Waals surface area contributed by atoms with Crippen LogP contribution in [0, 0.1) is 0 Å². The maximum atomic E-state index is 11.8. The largest absolute Gasteiger partial charge is 0.497 e. The highest BCUT2D eigenvalue weighted by atomic mass is 32.2. The van der Waals surface area contributed by atoms with Crippen LogP contribution in [-0.4, -0.2) is 41.3 Å². The molecule has 1 aromatic carbocycles. The molecule has 28 heavy (non-hydrogen) atoms. The molecule has 0 aliphatic carbocycles. The fourth-order valence-electron chi connectivity index (χ4n) is 4.11. The summed E-state index contributed by atoms with van der Waals surface area (Å²) in [7, 11) is 1.66. The highest BCUT2D eigenvalue weighted by Crippen LogP contribution is 2.40. The van der Waals surface area contributed by atoms with Gasteiger partial charge < -0.3 is 14.2 Å². The molecule has 0 radical (unpaired) electrons. The Hall–Kier alpha value is -0.990. The molecule has 6 nitrogen and oxygen atoms in total. The lowest BCUT2D eigenvalue weighted by Crippen LogP contribution is -2.44. The summed E-state index contributed by atoms with van der Waals surface area (Å²) in [6, 6.07) is 7.91. The van der Waals surface area contributed by atoms with Gasteiger partial charge >= 0.3 is 11.4 Å². The number of hydrogen-bond donors (Lipinski definition) is 0. The molecule has 0 amide bonds. The molecule has 1 aromatic rings. The minimum Gasteiger partial charge on any atom is -0.497 e. The van der Waals surface area contributed by atoms with E-state index in [9.17, 15) is 4.21 Å². The Labute approximate surface area is 170 Å². The molecule has 5 atom stereocenters.